The highest BCUT2D eigenvalue weighted by Crippen LogP contribution is 2.28. The van der Waals surface area contributed by atoms with Gasteiger partial charge < -0.3 is 9.47 Å². The number of ether oxygens (including phenoxy) is 2. The van der Waals surface area contributed by atoms with Crippen LogP contribution in [0.15, 0.2) is 41.8 Å². The van der Waals surface area contributed by atoms with E-state index in [0.717, 1.165) is 39.4 Å². The van der Waals surface area contributed by atoms with Crippen LogP contribution in [-0.4, -0.2) is 23.6 Å². The molecule has 0 saturated carbocycles. The fraction of sp³-hybridized carbons (Fsp3) is 0.304. The molecule has 0 aliphatic heterocycles. The summed E-state index contributed by atoms with van der Waals surface area (Å²) in [6.07, 6.45) is 0.136. The van der Waals surface area contributed by atoms with E-state index in [4.69, 9.17) is 9.47 Å². The smallest absolute Gasteiger partial charge is 0.264 e. The lowest BCUT2D eigenvalue weighted by Crippen LogP contribution is -2.20. The van der Waals surface area contributed by atoms with Crippen LogP contribution in [0.5, 0.6) is 11.5 Å². The van der Waals surface area contributed by atoms with E-state index in [2.05, 4.69) is 16.4 Å². The number of carbonyl (C=O) groups is 1. The Labute approximate surface area is 175 Å². The first-order valence-corrected chi connectivity index (χ1v) is 10.4. The Morgan fingerprint density at radius 2 is 1.76 bits per heavy atom. The van der Waals surface area contributed by atoms with Gasteiger partial charge in [0, 0.05) is 10.9 Å². The van der Waals surface area contributed by atoms with Crippen molar-refractivity contribution in [1.82, 2.24) is 4.98 Å². The third-order valence-electron chi connectivity index (χ3n) is 4.49. The van der Waals surface area contributed by atoms with E-state index in [9.17, 15) is 4.79 Å². The number of thiazole rings is 1. The molecule has 0 saturated heterocycles. The highest BCUT2D eigenvalue weighted by molar-refractivity contribution is 7.14. The van der Waals surface area contributed by atoms with E-state index in [0.29, 0.717) is 5.13 Å². The minimum atomic E-state index is -0.230. The predicted molar refractivity (Wildman–Crippen MR) is 118 cm³/mol. The molecule has 1 amide bonds. The Balaban J connectivity index is 1.60. The Morgan fingerprint density at radius 1 is 1.07 bits per heavy atom. The van der Waals surface area contributed by atoms with Crippen molar-refractivity contribution < 1.29 is 14.3 Å². The van der Waals surface area contributed by atoms with Crippen molar-refractivity contribution in [2.75, 3.05) is 11.9 Å². The van der Waals surface area contributed by atoms with Gasteiger partial charge in [0.25, 0.3) is 5.91 Å². The summed E-state index contributed by atoms with van der Waals surface area (Å²) < 4.78 is 11.4. The monoisotopic (exact) mass is 410 g/mol. The van der Waals surface area contributed by atoms with Gasteiger partial charge in [-0.1, -0.05) is 12.1 Å². The van der Waals surface area contributed by atoms with Crippen LogP contribution in [-0.2, 0) is 4.79 Å². The summed E-state index contributed by atoms with van der Waals surface area (Å²) in [6, 6.07) is 11.8. The molecule has 1 N–H and O–H groups in total. The Kier molecular flexibility index (Phi) is 6.54. The molecule has 5 nitrogen and oxygen atoms in total. The van der Waals surface area contributed by atoms with Crippen molar-refractivity contribution in [2.24, 2.45) is 0 Å². The van der Waals surface area contributed by atoms with E-state index in [1.807, 2.05) is 70.3 Å². The second-order valence-corrected chi connectivity index (χ2v) is 8.08. The molecule has 3 rings (SSSR count). The minimum absolute atomic E-state index is 0.0543. The van der Waals surface area contributed by atoms with Crippen LogP contribution in [0.4, 0.5) is 5.13 Å². The summed E-state index contributed by atoms with van der Waals surface area (Å²) >= 11 is 1.39. The van der Waals surface area contributed by atoms with Gasteiger partial charge in [-0.2, -0.15) is 0 Å². The number of hydrogen-bond donors (Lipinski definition) is 1. The van der Waals surface area contributed by atoms with E-state index in [1.165, 1.54) is 11.3 Å². The third-order valence-corrected chi connectivity index (χ3v) is 5.25. The minimum Gasteiger partial charge on any atom is -0.491 e. The molecule has 1 aromatic heterocycles. The van der Waals surface area contributed by atoms with E-state index < -0.39 is 0 Å². The quantitative estimate of drug-likeness (QED) is 0.555. The van der Waals surface area contributed by atoms with Crippen LogP contribution < -0.4 is 14.8 Å². The lowest BCUT2D eigenvalue weighted by Gasteiger charge is -2.13. The molecule has 0 atom stereocenters. The first-order valence-electron chi connectivity index (χ1n) is 9.55. The molecule has 0 bridgehead atoms. The van der Waals surface area contributed by atoms with Gasteiger partial charge in [-0.3, -0.25) is 10.1 Å². The molecular weight excluding hydrogens is 384 g/mol. The average molecular weight is 411 g/mol. The van der Waals surface area contributed by atoms with Crippen molar-refractivity contribution in [3.63, 3.8) is 0 Å². The zero-order chi connectivity index (χ0) is 21.0. The predicted octanol–water partition coefficient (Wildman–Crippen LogP) is 5.54. The summed E-state index contributed by atoms with van der Waals surface area (Å²) in [7, 11) is 0. The number of rotatable bonds is 7. The highest BCUT2D eigenvalue weighted by Gasteiger charge is 2.12. The van der Waals surface area contributed by atoms with Gasteiger partial charge in [0.05, 0.1) is 11.8 Å². The fourth-order valence-corrected chi connectivity index (χ4v) is 3.62. The number of hydrogen-bond acceptors (Lipinski definition) is 5. The van der Waals surface area contributed by atoms with Crippen molar-refractivity contribution in [2.45, 2.75) is 40.7 Å². The second-order valence-electron chi connectivity index (χ2n) is 7.22. The normalized spacial score (nSPS) is 10.8. The lowest BCUT2D eigenvalue weighted by atomic mass is 10.1. The molecule has 0 aliphatic carbocycles. The number of anilines is 1. The number of nitrogens with one attached hydrogen (secondary N) is 1. The molecular formula is C23H26N2O3S. The maximum absolute atomic E-state index is 12.3. The van der Waals surface area contributed by atoms with Crippen molar-refractivity contribution >= 4 is 22.4 Å². The van der Waals surface area contributed by atoms with Gasteiger partial charge in [-0.05, 0) is 75.6 Å². The van der Waals surface area contributed by atoms with Crippen LogP contribution in [0.25, 0.3) is 11.3 Å². The lowest BCUT2D eigenvalue weighted by molar-refractivity contribution is -0.118. The van der Waals surface area contributed by atoms with Crippen LogP contribution in [0.2, 0.25) is 0 Å². The summed E-state index contributed by atoms with van der Waals surface area (Å²) in [5.41, 5.74) is 5.00. The Hall–Kier alpha value is -2.86. The summed E-state index contributed by atoms with van der Waals surface area (Å²) in [4.78, 5) is 16.8. The zero-order valence-electron chi connectivity index (χ0n) is 17.4. The molecule has 2 aromatic carbocycles. The molecule has 0 fully saturated rings. The molecule has 3 aromatic rings. The van der Waals surface area contributed by atoms with Crippen molar-refractivity contribution in [3.8, 4) is 22.8 Å². The summed E-state index contributed by atoms with van der Waals surface area (Å²) in [6.45, 7) is 9.94. The Morgan fingerprint density at radius 3 is 2.45 bits per heavy atom. The maximum atomic E-state index is 12.3. The summed E-state index contributed by atoms with van der Waals surface area (Å²) in [5.74, 6) is 1.36. The standard InChI is InChI=1S/C23H26N2O3S/c1-14(2)28-19-10-8-18(9-11-19)20-13-29-23(24-20)25-21(26)12-27-22-16(4)7-6-15(3)17(22)5/h6-11,13-14H,12H2,1-5H3,(H,24,25,26). The van der Waals surface area contributed by atoms with Crippen molar-refractivity contribution in [3.05, 3.63) is 58.5 Å². The number of amides is 1. The van der Waals surface area contributed by atoms with Crippen molar-refractivity contribution in [1.29, 1.82) is 0 Å². The van der Waals surface area contributed by atoms with Crippen LogP contribution >= 0.6 is 11.3 Å². The number of nitrogens with zero attached hydrogens (tertiary/aromatic N) is 1. The number of aryl methyl sites for hydroxylation is 2. The van der Waals surface area contributed by atoms with Crippen LogP contribution in [0, 0.1) is 20.8 Å². The second kappa shape index (κ2) is 9.09. The van der Waals surface area contributed by atoms with Gasteiger partial charge in [0.2, 0.25) is 0 Å². The molecule has 0 aliphatic rings. The largest absolute Gasteiger partial charge is 0.491 e. The summed E-state index contributed by atoms with van der Waals surface area (Å²) in [5, 5.41) is 5.28. The van der Waals surface area contributed by atoms with Crippen LogP contribution in [0.3, 0.4) is 0 Å². The SMILES string of the molecule is Cc1ccc(C)c(OCC(=O)Nc2nc(-c3ccc(OC(C)C)cc3)cs2)c1C. The molecule has 152 valence electrons. The number of benzene rings is 2. The fourth-order valence-electron chi connectivity index (χ4n) is 2.88. The van der Waals surface area contributed by atoms with E-state index >= 15 is 0 Å². The van der Waals surface area contributed by atoms with Gasteiger partial charge in [-0.15, -0.1) is 11.3 Å². The molecule has 1 heterocycles. The first-order chi connectivity index (χ1) is 13.8. The molecule has 29 heavy (non-hydrogen) atoms. The molecule has 0 unspecified atom stereocenters. The number of carbonyl (C=O) groups excluding carboxylic acids is 1. The highest BCUT2D eigenvalue weighted by atomic mass is 32.1. The van der Waals surface area contributed by atoms with Crippen LogP contribution in [0.1, 0.15) is 30.5 Å². The first kappa shape index (κ1) is 20.9. The van der Waals surface area contributed by atoms with Gasteiger partial charge in [0.15, 0.2) is 11.7 Å². The van der Waals surface area contributed by atoms with Gasteiger partial charge in [0.1, 0.15) is 11.5 Å². The topological polar surface area (TPSA) is 60.5 Å². The Bertz CT molecular complexity index is 994. The number of aromatic nitrogens is 1. The molecule has 6 heteroatoms. The van der Waals surface area contributed by atoms with E-state index in [-0.39, 0.29) is 18.6 Å². The van der Waals surface area contributed by atoms with Gasteiger partial charge >= 0.3 is 0 Å². The molecule has 0 spiro atoms. The van der Waals surface area contributed by atoms with Gasteiger partial charge in [-0.25, -0.2) is 4.98 Å². The van der Waals surface area contributed by atoms with E-state index in [1.54, 1.807) is 0 Å². The average Bonchev–Trinajstić information content (AvgIpc) is 3.13. The molecule has 0 radical (unpaired) electrons. The third kappa shape index (κ3) is 5.35. The maximum Gasteiger partial charge on any atom is 0.264 e. The zero-order valence-corrected chi connectivity index (χ0v) is 18.2.